The molecule has 0 bridgehead atoms. The number of nitrogens with one attached hydrogen (secondary N) is 2. The predicted molar refractivity (Wildman–Crippen MR) is 142 cm³/mol. The van der Waals surface area contributed by atoms with Gasteiger partial charge in [0.2, 0.25) is 0 Å². The number of rotatable bonds is 6. The van der Waals surface area contributed by atoms with Gasteiger partial charge in [-0.1, -0.05) is 47.6 Å². The van der Waals surface area contributed by atoms with Crippen LogP contribution in [0.15, 0.2) is 69.5 Å². The van der Waals surface area contributed by atoms with Crippen LogP contribution in [0.5, 0.6) is 0 Å². The number of carbonyl (C=O) groups excluding carboxylic acids is 1. The van der Waals surface area contributed by atoms with Gasteiger partial charge in [0, 0.05) is 23.5 Å². The van der Waals surface area contributed by atoms with Crippen LogP contribution in [0, 0.1) is 0 Å². The fourth-order valence-corrected chi connectivity index (χ4v) is 5.61. The SMILES string of the molecule is CC1(N)CCN(c2cnc(Sc3cccc(NC(=O)NS(=O)(=O)c4ccccc4)c3Cl)c(N)n2)CC1. The molecule has 0 spiro atoms. The molecule has 13 heteroatoms. The highest BCUT2D eigenvalue weighted by Crippen LogP contribution is 2.38. The monoisotopic (exact) mass is 547 g/mol. The second kappa shape index (κ2) is 10.5. The van der Waals surface area contributed by atoms with Crippen molar-refractivity contribution in [1.82, 2.24) is 14.7 Å². The van der Waals surface area contributed by atoms with Crippen molar-refractivity contribution >= 4 is 56.7 Å². The molecule has 1 saturated heterocycles. The maximum Gasteiger partial charge on any atom is 0.333 e. The van der Waals surface area contributed by atoms with Crippen LogP contribution < -0.4 is 26.4 Å². The van der Waals surface area contributed by atoms with E-state index in [0.29, 0.717) is 15.7 Å². The Morgan fingerprint density at radius 2 is 1.83 bits per heavy atom. The number of sulfonamides is 1. The van der Waals surface area contributed by atoms with E-state index in [1.807, 2.05) is 11.6 Å². The predicted octanol–water partition coefficient (Wildman–Crippen LogP) is 3.69. The van der Waals surface area contributed by atoms with Crippen LogP contribution in [-0.2, 0) is 10.0 Å². The van der Waals surface area contributed by atoms with E-state index in [0.717, 1.165) is 25.9 Å². The molecule has 2 heterocycles. The molecule has 1 aliphatic rings. The molecule has 3 aromatic rings. The number of nitrogens with zero attached hydrogens (tertiary/aromatic N) is 3. The van der Waals surface area contributed by atoms with Crippen molar-refractivity contribution in [3.05, 3.63) is 59.8 Å². The van der Waals surface area contributed by atoms with Gasteiger partial charge in [0.25, 0.3) is 10.0 Å². The lowest BCUT2D eigenvalue weighted by Gasteiger charge is -2.37. The zero-order chi connectivity index (χ0) is 25.9. The number of anilines is 3. The number of nitrogens with two attached hydrogens (primary N) is 2. The molecular weight excluding hydrogens is 522 g/mol. The molecule has 6 N–H and O–H groups in total. The molecule has 0 atom stereocenters. The molecule has 0 aliphatic carbocycles. The molecule has 0 saturated carbocycles. The van der Waals surface area contributed by atoms with E-state index in [9.17, 15) is 13.2 Å². The summed E-state index contributed by atoms with van der Waals surface area (Å²) in [5.74, 6) is 0.935. The second-order valence-corrected chi connectivity index (χ2v) is 11.7. The van der Waals surface area contributed by atoms with E-state index < -0.39 is 16.1 Å². The van der Waals surface area contributed by atoms with Crippen LogP contribution in [0.2, 0.25) is 5.02 Å². The summed E-state index contributed by atoms with van der Waals surface area (Å²) in [6, 6.07) is 11.6. The molecule has 4 rings (SSSR count). The van der Waals surface area contributed by atoms with Crippen molar-refractivity contribution in [2.24, 2.45) is 5.73 Å². The third-order valence-corrected chi connectivity index (χ3v) is 8.61. The van der Waals surface area contributed by atoms with Crippen molar-refractivity contribution in [1.29, 1.82) is 0 Å². The molecule has 2 aromatic carbocycles. The Hall–Kier alpha value is -3.06. The van der Waals surface area contributed by atoms with Crippen molar-refractivity contribution < 1.29 is 13.2 Å². The van der Waals surface area contributed by atoms with Gasteiger partial charge in [-0.05, 0) is 44.0 Å². The fourth-order valence-electron chi connectivity index (χ4n) is 3.58. The van der Waals surface area contributed by atoms with Gasteiger partial charge in [0.05, 0.1) is 21.8 Å². The molecule has 10 nitrogen and oxygen atoms in total. The summed E-state index contributed by atoms with van der Waals surface area (Å²) in [5, 5.41) is 3.14. The van der Waals surface area contributed by atoms with E-state index in [4.69, 9.17) is 23.1 Å². The first-order valence-corrected chi connectivity index (χ1v) is 13.7. The number of nitrogen functional groups attached to an aromatic ring is 1. The Bertz CT molecular complexity index is 1360. The van der Waals surface area contributed by atoms with Gasteiger partial charge in [-0.15, -0.1) is 0 Å². The first-order chi connectivity index (χ1) is 17.0. The summed E-state index contributed by atoms with van der Waals surface area (Å²) in [5.41, 5.74) is 12.4. The van der Waals surface area contributed by atoms with Crippen LogP contribution in [0.1, 0.15) is 19.8 Å². The Balaban J connectivity index is 1.44. The highest BCUT2D eigenvalue weighted by atomic mass is 35.5. The summed E-state index contributed by atoms with van der Waals surface area (Å²) in [4.78, 5) is 24.0. The van der Waals surface area contributed by atoms with Gasteiger partial charge in [0.15, 0.2) is 5.82 Å². The molecule has 1 aliphatic heterocycles. The van der Waals surface area contributed by atoms with Gasteiger partial charge in [-0.25, -0.2) is 27.9 Å². The normalized spacial score (nSPS) is 15.4. The minimum absolute atomic E-state index is 0.0327. The number of benzene rings is 2. The first kappa shape index (κ1) is 26.0. The lowest BCUT2D eigenvalue weighted by atomic mass is 9.91. The van der Waals surface area contributed by atoms with E-state index in [1.54, 1.807) is 42.6 Å². The quantitative estimate of drug-likeness (QED) is 0.361. The fraction of sp³-hybridized carbons (Fsp3) is 0.261. The highest BCUT2D eigenvalue weighted by Gasteiger charge is 2.27. The Labute approximate surface area is 218 Å². The first-order valence-electron chi connectivity index (χ1n) is 11.1. The number of aromatic nitrogens is 2. The maximum atomic E-state index is 12.4. The van der Waals surface area contributed by atoms with Crippen molar-refractivity contribution in [3.63, 3.8) is 0 Å². The van der Waals surface area contributed by atoms with Crippen molar-refractivity contribution in [3.8, 4) is 0 Å². The van der Waals surface area contributed by atoms with E-state index in [1.165, 1.54) is 23.9 Å². The van der Waals surface area contributed by atoms with E-state index in [-0.39, 0.29) is 27.0 Å². The van der Waals surface area contributed by atoms with E-state index >= 15 is 0 Å². The third kappa shape index (κ3) is 6.19. The largest absolute Gasteiger partial charge is 0.381 e. The minimum Gasteiger partial charge on any atom is -0.381 e. The van der Waals surface area contributed by atoms with Crippen molar-refractivity contribution in [2.45, 2.75) is 40.1 Å². The van der Waals surface area contributed by atoms with Gasteiger partial charge in [-0.3, -0.25) is 0 Å². The van der Waals surface area contributed by atoms with E-state index in [2.05, 4.69) is 20.2 Å². The summed E-state index contributed by atoms with van der Waals surface area (Å²) in [6.07, 6.45) is 3.36. The zero-order valence-corrected chi connectivity index (χ0v) is 21.8. The van der Waals surface area contributed by atoms with Crippen LogP contribution >= 0.6 is 23.4 Å². The van der Waals surface area contributed by atoms with Crippen molar-refractivity contribution in [2.75, 3.05) is 29.0 Å². The average molecular weight is 548 g/mol. The van der Waals surface area contributed by atoms with Crippen LogP contribution in [0.4, 0.5) is 22.1 Å². The third-order valence-electron chi connectivity index (χ3n) is 5.68. The number of hydrogen-bond acceptors (Lipinski definition) is 9. The van der Waals surface area contributed by atoms with Crippen LogP contribution in [0.3, 0.4) is 0 Å². The summed E-state index contributed by atoms with van der Waals surface area (Å²) in [6.45, 7) is 3.59. The van der Waals surface area contributed by atoms with Gasteiger partial charge >= 0.3 is 6.03 Å². The Kier molecular flexibility index (Phi) is 7.59. The topological polar surface area (TPSA) is 156 Å². The zero-order valence-electron chi connectivity index (χ0n) is 19.4. The number of carbonyl (C=O) groups is 1. The number of halogens is 1. The number of urea groups is 1. The summed E-state index contributed by atoms with van der Waals surface area (Å²) in [7, 11) is -4.03. The molecule has 0 unspecified atom stereocenters. The standard InChI is InChI=1S/C23H26ClN7O3S2/c1-23(26)10-12-31(13-11-23)18-14-27-21(20(25)29-18)35-17-9-5-8-16(19(17)24)28-22(32)30-36(33,34)15-6-3-2-4-7-15/h2-9,14H,10-13,26H2,1H3,(H2,25,29)(H2,28,30,32). The van der Waals surface area contributed by atoms with Crippen LogP contribution in [-0.4, -0.2) is 43.0 Å². The molecule has 0 radical (unpaired) electrons. The highest BCUT2D eigenvalue weighted by molar-refractivity contribution is 7.99. The Morgan fingerprint density at radius 1 is 1.14 bits per heavy atom. The average Bonchev–Trinajstić information content (AvgIpc) is 2.83. The van der Waals surface area contributed by atoms with Gasteiger partial charge in [0.1, 0.15) is 10.8 Å². The van der Waals surface area contributed by atoms with Gasteiger partial charge in [-0.2, -0.15) is 0 Å². The maximum absolute atomic E-state index is 12.4. The Morgan fingerprint density at radius 3 is 2.50 bits per heavy atom. The number of piperidine rings is 1. The molecule has 2 amide bonds. The summed E-state index contributed by atoms with van der Waals surface area (Å²) < 4.78 is 26.7. The molecule has 190 valence electrons. The second-order valence-electron chi connectivity index (χ2n) is 8.65. The number of hydrogen-bond donors (Lipinski definition) is 4. The molecule has 1 aromatic heterocycles. The minimum atomic E-state index is -4.03. The molecular formula is C23H26ClN7O3S2. The summed E-state index contributed by atoms with van der Waals surface area (Å²) >= 11 is 7.69. The van der Waals surface area contributed by atoms with Gasteiger partial charge < -0.3 is 21.7 Å². The lowest BCUT2D eigenvalue weighted by Crippen LogP contribution is -2.48. The molecule has 1 fully saturated rings. The molecule has 36 heavy (non-hydrogen) atoms. The number of amides is 2. The lowest BCUT2D eigenvalue weighted by molar-refractivity contribution is 0.256. The smallest absolute Gasteiger partial charge is 0.333 e. The van der Waals surface area contributed by atoms with Crippen LogP contribution in [0.25, 0.3) is 0 Å².